The first-order valence-electron chi connectivity index (χ1n) is 8.53. The molecule has 1 N–H and O–H groups in total. The highest BCUT2D eigenvalue weighted by molar-refractivity contribution is 5.74. The number of hydrogen-bond acceptors (Lipinski definition) is 3. The summed E-state index contributed by atoms with van der Waals surface area (Å²) in [6.07, 6.45) is 0.752. The van der Waals surface area contributed by atoms with E-state index >= 15 is 0 Å². The van der Waals surface area contributed by atoms with E-state index in [-0.39, 0.29) is 11.8 Å². The summed E-state index contributed by atoms with van der Waals surface area (Å²) in [5.74, 6) is 1.10. The van der Waals surface area contributed by atoms with E-state index in [9.17, 15) is 9.18 Å². The van der Waals surface area contributed by atoms with Crippen LogP contribution in [0.3, 0.4) is 0 Å². The summed E-state index contributed by atoms with van der Waals surface area (Å²) in [5.41, 5.74) is 3.54. The number of nitrogens with zero attached hydrogens (tertiary/aromatic N) is 1. The van der Waals surface area contributed by atoms with E-state index in [0.29, 0.717) is 36.7 Å². The van der Waals surface area contributed by atoms with Crippen LogP contribution < -0.4 is 14.8 Å². The van der Waals surface area contributed by atoms with Crippen LogP contribution in [-0.4, -0.2) is 31.7 Å². The van der Waals surface area contributed by atoms with Gasteiger partial charge >= 0.3 is 6.03 Å². The molecule has 6 heteroatoms. The standard InChI is InChI=1S/C20H23FN2O3/c1-13-4-5-14(8-17(13)21)11-22-20(24)23-7-6-15-9-18(25-2)19(26-3)10-16(15)12-23/h4-5,8-10H,6-7,11-12H2,1-3H3,(H,22,24). The van der Waals surface area contributed by atoms with E-state index < -0.39 is 0 Å². The fraction of sp³-hybridized carbons (Fsp3) is 0.350. The Kier molecular flexibility index (Phi) is 5.30. The Labute approximate surface area is 152 Å². The Morgan fingerprint density at radius 3 is 2.50 bits per heavy atom. The van der Waals surface area contributed by atoms with Gasteiger partial charge in [-0.1, -0.05) is 12.1 Å². The molecule has 0 radical (unpaired) electrons. The lowest BCUT2D eigenvalue weighted by molar-refractivity contribution is 0.191. The second kappa shape index (κ2) is 7.64. The first-order chi connectivity index (χ1) is 12.5. The minimum atomic E-state index is -0.260. The summed E-state index contributed by atoms with van der Waals surface area (Å²) in [6.45, 7) is 3.14. The highest BCUT2D eigenvalue weighted by Crippen LogP contribution is 2.33. The zero-order valence-electron chi connectivity index (χ0n) is 15.3. The fourth-order valence-corrected chi connectivity index (χ4v) is 3.09. The lowest BCUT2D eigenvalue weighted by atomic mass is 9.99. The Balaban J connectivity index is 1.66. The molecule has 0 unspecified atom stereocenters. The molecule has 0 saturated carbocycles. The van der Waals surface area contributed by atoms with Gasteiger partial charge in [0.15, 0.2) is 11.5 Å². The number of methoxy groups -OCH3 is 2. The molecule has 2 aromatic carbocycles. The number of carbonyl (C=O) groups excluding carboxylic acids is 1. The summed E-state index contributed by atoms with van der Waals surface area (Å²) < 4.78 is 24.3. The predicted octanol–water partition coefficient (Wildman–Crippen LogP) is 3.42. The third kappa shape index (κ3) is 3.74. The number of aryl methyl sites for hydroxylation is 1. The smallest absolute Gasteiger partial charge is 0.317 e. The summed E-state index contributed by atoms with van der Waals surface area (Å²) in [6, 6.07) is 8.72. The van der Waals surface area contributed by atoms with Gasteiger partial charge in [0.1, 0.15) is 5.82 Å². The number of nitrogens with one attached hydrogen (secondary N) is 1. The summed E-state index contributed by atoms with van der Waals surface area (Å²) in [7, 11) is 3.21. The van der Waals surface area contributed by atoms with Crippen LogP contribution in [0.4, 0.5) is 9.18 Å². The van der Waals surface area contributed by atoms with Gasteiger partial charge < -0.3 is 19.7 Å². The number of halogens is 1. The third-order valence-electron chi connectivity index (χ3n) is 4.69. The Bertz CT molecular complexity index is 823. The summed E-state index contributed by atoms with van der Waals surface area (Å²) in [5, 5.41) is 2.86. The molecule has 0 fully saturated rings. The normalized spacial score (nSPS) is 13.2. The maximum absolute atomic E-state index is 13.6. The second-order valence-corrected chi connectivity index (χ2v) is 6.39. The Morgan fingerprint density at radius 2 is 1.85 bits per heavy atom. The van der Waals surface area contributed by atoms with Gasteiger partial charge in [-0.05, 0) is 53.8 Å². The van der Waals surface area contributed by atoms with E-state index in [1.165, 1.54) is 6.07 Å². The monoisotopic (exact) mass is 358 g/mol. The van der Waals surface area contributed by atoms with Gasteiger partial charge in [-0.15, -0.1) is 0 Å². The molecule has 2 amide bonds. The van der Waals surface area contributed by atoms with Crippen LogP contribution in [0.2, 0.25) is 0 Å². The molecule has 2 aromatic rings. The van der Waals surface area contributed by atoms with Crippen molar-refractivity contribution in [2.75, 3.05) is 20.8 Å². The number of hydrogen-bond donors (Lipinski definition) is 1. The molecule has 0 atom stereocenters. The van der Waals surface area contributed by atoms with E-state index in [0.717, 1.165) is 23.1 Å². The number of rotatable bonds is 4. The molecular weight excluding hydrogens is 335 g/mol. The van der Waals surface area contributed by atoms with Crippen LogP contribution in [0, 0.1) is 12.7 Å². The minimum absolute atomic E-state index is 0.161. The molecule has 1 aliphatic heterocycles. The van der Waals surface area contributed by atoms with Crippen molar-refractivity contribution in [3.8, 4) is 11.5 Å². The lowest BCUT2D eigenvalue weighted by Gasteiger charge is -2.29. The van der Waals surface area contributed by atoms with Crippen molar-refractivity contribution in [2.24, 2.45) is 0 Å². The molecule has 0 aliphatic carbocycles. The van der Waals surface area contributed by atoms with Crippen LogP contribution in [0.25, 0.3) is 0 Å². The second-order valence-electron chi connectivity index (χ2n) is 6.39. The molecule has 1 heterocycles. The number of urea groups is 1. The van der Waals surface area contributed by atoms with Crippen molar-refractivity contribution in [1.82, 2.24) is 10.2 Å². The number of amides is 2. The van der Waals surface area contributed by atoms with Crippen molar-refractivity contribution in [1.29, 1.82) is 0 Å². The van der Waals surface area contributed by atoms with E-state index in [1.807, 2.05) is 18.2 Å². The Hall–Kier alpha value is -2.76. The molecular formula is C20H23FN2O3. The SMILES string of the molecule is COc1cc2c(cc1OC)CN(C(=O)NCc1ccc(C)c(F)c1)CC2. The Morgan fingerprint density at radius 1 is 1.15 bits per heavy atom. The molecule has 138 valence electrons. The first-order valence-corrected chi connectivity index (χ1v) is 8.53. The molecule has 1 aliphatic rings. The van der Waals surface area contributed by atoms with Gasteiger partial charge in [0.25, 0.3) is 0 Å². The van der Waals surface area contributed by atoms with Crippen molar-refractivity contribution < 1.29 is 18.7 Å². The molecule has 3 rings (SSSR count). The number of benzene rings is 2. The van der Waals surface area contributed by atoms with Crippen LogP contribution in [0.15, 0.2) is 30.3 Å². The van der Waals surface area contributed by atoms with Crippen LogP contribution >= 0.6 is 0 Å². The van der Waals surface area contributed by atoms with Crippen LogP contribution in [0.5, 0.6) is 11.5 Å². The first kappa shape index (κ1) is 18.0. The maximum Gasteiger partial charge on any atom is 0.317 e. The minimum Gasteiger partial charge on any atom is -0.493 e. The van der Waals surface area contributed by atoms with Gasteiger partial charge in [-0.3, -0.25) is 0 Å². The van der Waals surface area contributed by atoms with Crippen molar-refractivity contribution >= 4 is 6.03 Å². The quantitative estimate of drug-likeness (QED) is 0.911. The molecule has 0 spiro atoms. The fourth-order valence-electron chi connectivity index (χ4n) is 3.09. The van der Waals surface area contributed by atoms with E-state index in [4.69, 9.17) is 9.47 Å². The van der Waals surface area contributed by atoms with Crippen molar-refractivity contribution in [2.45, 2.75) is 26.4 Å². The highest BCUT2D eigenvalue weighted by atomic mass is 19.1. The van der Waals surface area contributed by atoms with Crippen LogP contribution in [0.1, 0.15) is 22.3 Å². The van der Waals surface area contributed by atoms with Gasteiger partial charge in [-0.25, -0.2) is 9.18 Å². The molecule has 0 saturated heterocycles. The molecule has 5 nitrogen and oxygen atoms in total. The van der Waals surface area contributed by atoms with Crippen molar-refractivity contribution in [3.63, 3.8) is 0 Å². The van der Waals surface area contributed by atoms with E-state index in [1.54, 1.807) is 32.1 Å². The van der Waals surface area contributed by atoms with Gasteiger partial charge in [0, 0.05) is 19.6 Å². The van der Waals surface area contributed by atoms with Gasteiger partial charge in [0.05, 0.1) is 14.2 Å². The molecule has 26 heavy (non-hydrogen) atoms. The van der Waals surface area contributed by atoms with Crippen molar-refractivity contribution in [3.05, 3.63) is 58.4 Å². The highest BCUT2D eigenvalue weighted by Gasteiger charge is 2.22. The number of carbonyl (C=O) groups is 1. The summed E-state index contributed by atoms with van der Waals surface area (Å²) >= 11 is 0. The van der Waals surface area contributed by atoms with Gasteiger partial charge in [-0.2, -0.15) is 0 Å². The largest absolute Gasteiger partial charge is 0.493 e. The van der Waals surface area contributed by atoms with E-state index in [2.05, 4.69) is 5.32 Å². The average molecular weight is 358 g/mol. The molecule has 0 bridgehead atoms. The molecule has 0 aromatic heterocycles. The summed E-state index contributed by atoms with van der Waals surface area (Å²) in [4.78, 5) is 14.2. The van der Waals surface area contributed by atoms with Gasteiger partial charge in [0.2, 0.25) is 0 Å². The number of fused-ring (bicyclic) bond motifs is 1. The van der Waals surface area contributed by atoms with Crippen LogP contribution in [-0.2, 0) is 19.5 Å². The predicted molar refractivity (Wildman–Crippen MR) is 97.0 cm³/mol. The lowest BCUT2D eigenvalue weighted by Crippen LogP contribution is -2.42. The third-order valence-corrected chi connectivity index (χ3v) is 4.69. The average Bonchev–Trinajstić information content (AvgIpc) is 2.66. The number of ether oxygens (including phenoxy) is 2. The zero-order valence-corrected chi connectivity index (χ0v) is 15.3. The topological polar surface area (TPSA) is 50.8 Å². The zero-order chi connectivity index (χ0) is 18.7. The maximum atomic E-state index is 13.6.